The summed E-state index contributed by atoms with van der Waals surface area (Å²) in [5.41, 5.74) is 1.13. The first-order chi connectivity index (χ1) is 16.3. The first-order valence-corrected chi connectivity index (χ1v) is 11.8. The molecule has 34 heavy (non-hydrogen) atoms. The Balaban J connectivity index is 1.64. The third-order valence-corrected chi connectivity index (χ3v) is 6.06. The van der Waals surface area contributed by atoms with E-state index < -0.39 is 12.0 Å². The molecule has 1 heterocycles. The molecule has 1 atom stereocenters. The van der Waals surface area contributed by atoms with Crippen LogP contribution in [0.2, 0.25) is 5.02 Å². The van der Waals surface area contributed by atoms with Crippen molar-refractivity contribution < 1.29 is 19.1 Å². The summed E-state index contributed by atoms with van der Waals surface area (Å²) in [6, 6.07) is 12.8. The molecule has 0 aliphatic carbocycles. The third-order valence-electron chi connectivity index (χ3n) is 4.84. The number of anilines is 1. The first kappa shape index (κ1) is 25.3. The van der Waals surface area contributed by atoms with Crippen LogP contribution >= 0.6 is 23.4 Å². The molecule has 0 saturated heterocycles. The van der Waals surface area contributed by atoms with Gasteiger partial charge in [-0.25, -0.2) is 4.79 Å². The topological polar surface area (TPSA) is 115 Å². The number of ether oxygens (including phenoxy) is 1. The highest BCUT2D eigenvalue weighted by molar-refractivity contribution is 7.99. The smallest absolute Gasteiger partial charge is 0.339 e. The molecule has 0 saturated carbocycles. The quantitative estimate of drug-likeness (QED) is 0.337. The maximum absolute atomic E-state index is 12.5. The molecule has 0 radical (unpaired) electrons. The SMILES string of the molecule is CCn1c(SCC(=O)Nc2ccccc2C(=O)OC)nnc1[C@H](C)NC(=O)c1ccc(Cl)cc1. The van der Waals surface area contributed by atoms with Crippen molar-refractivity contribution in [2.75, 3.05) is 18.2 Å². The number of amides is 2. The Kier molecular flexibility index (Phi) is 8.67. The molecule has 9 nitrogen and oxygen atoms in total. The second-order valence-electron chi connectivity index (χ2n) is 7.16. The van der Waals surface area contributed by atoms with Gasteiger partial charge in [0.2, 0.25) is 5.91 Å². The maximum Gasteiger partial charge on any atom is 0.339 e. The molecule has 0 fully saturated rings. The van der Waals surface area contributed by atoms with Crippen LogP contribution in [-0.4, -0.2) is 45.4 Å². The van der Waals surface area contributed by atoms with Crippen molar-refractivity contribution >= 4 is 46.8 Å². The van der Waals surface area contributed by atoms with Crippen molar-refractivity contribution in [1.82, 2.24) is 20.1 Å². The monoisotopic (exact) mass is 501 g/mol. The molecule has 0 aliphatic heterocycles. The zero-order valence-electron chi connectivity index (χ0n) is 18.9. The average molecular weight is 502 g/mol. The van der Waals surface area contributed by atoms with Gasteiger partial charge >= 0.3 is 5.97 Å². The number of rotatable bonds is 9. The van der Waals surface area contributed by atoms with Gasteiger partial charge in [-0.2, -0.15) is 0 Å². The summed E-state index contributed by atoms with van der Waals surface area (Å²) in [5.74, 6) is -0.471. The van der Waals surface area contributed by atoms with Crippen molar-refractivity contribution in [2.24, 2.45) is 0 Å². The minimum atomic E-state index is -0.534. The fourth-order valence-corrected chi connectivity index (χ4v) is 4.10. The van der Waals surface area contributed by atoms with Gasteiger partial charge in [-0.05, 0) is 50.2 Å². The molecular formula is C23H24ClN5O4S. The number of nitrogens with one attached hydrogen (secondary N) is 2. The van der Waals surface area contributed by atoms with E-state index in [1.807, 2.05) is 18.4 Å². The van der Waals surface area contributed by atoms with Crippen LogP contribution in [0, 0.1) is 0 Å². The van der Waals surface area contributed by atoms with Crippen LogP contribution in [0.25, 0.3) is 0 Å². The Bertz CT molecular complexity index is 1180. The number of hydrogen-bond donors (Lipinski definition) is 2. The summed E-state index contributed by atoms with van der Waals surface area (Å²) < 4.78 is 6.59. The molecule has 0 bridgehead atoms. The van der Waals surface area contributed by atoms with Gasteiger partial charge in [0.05, 0.1) is 30.2 Å². The number of carbonyl (C=O) groups is 3. The van der Waals surface area contributed by atoms with E-state index in [0.717, 1.165) is 0 Å². The molecule has 2 N–H and O–H groups in total. The van der Waals surface area contributed by atoms with E-state index in [2.05, 4.69) is 20.8 Å². The highest BCUT2D eigenvalue weighted by Crippen LogP contribution is 2.22. The van der Waals surface area contributed by atoms with Crippen LogP contribution in [0.5, 0.6) is 0 Å². The van der Waals surface area contributed by atoms with Crippen LogP contribution in [-0.2, 0) is 16.1 Å². The zero-order valence-corrected chi connectivity index (χ0v) is 20.4. The Morgan fingerprint density at radius 2 is 1.82 bits per heavy atom. The Hall–Kier alpha value is -3.37. The number of thioether (sulfide) groups is 1. The lowest BCUT2D eigenvalue weighted by atomic mass is 10.2. The van der Waals surface area contributed by atoms with Gasteiger partial charge in [-0.1, -0.05) is 35.5 Å². The molecule has 2 amide bonds. The predicted octanol–water partition coefficient (Wildman–Crippen LogP) is 3.96. The Morgan fingerprint density at radius 3 is 2.50 bits per heavy atom. The number of nitrogens with zero attached hydrogens (tertiary/aromatic N) is 3. The highest BCUT2D eigenvalue weighted by atomic mass is 35.5. The van der Waals surface area contributed by atoms with Crippen LogP contribution in [0.4, 0.5) is 5.69 Å². The van der Waals surface area contributed by atoms with Crippen molar-refractivity contribution in [3.63, 3.8) is 0 Å². The summed E-state index contributed by atoms with van der Waals surface area (Å²) in [5, 5.41) is 15.1. The standard InChI is InChI=1S/C23H24ClN5O4S/c1-4-29-20(14(2)25-21(31)15-9-11-16(24)12-10-15)27-28-23(29)34-13-19(30)26-18-8-6-5-7-17(18)22(32)33-3/h5-12,14H,4,13H2,1-3H3,(H,25,31)(H,26,30)/t14-/m0/s1. The summed E-state index contributed by atoms with van der Waals surface area (Å²) in [7, 11) is 1.28. The molecule has 11 heteroatoms. The van der Waals surface area contributed by atoms with E-state index in [4.69, 9.17) is 16.3 Å². The first-order valence-electron chi connectivity index (χ1n) is 10.4. The van der Waals surface area contributed by atoms with E-state index in [1.165, 1.54) is 18.9 Å². The molecule has 3 rings (SSSR count). The van der Waals surface area contributed by atoms with Gasteiger partial charge < -0.3 is 19.9 Å². The number of carbonyl (C=O) groups excluding carboxylic acids is 3. The van der Waals surface area contributed by atoms with Crippen LogP contribution in [0.15, 0.2) is 53.7 Å². The zero-order chi connectivity index (χ0) is 24.7. The number of hydrogen-bond acceptors (Lipinski definition) is 7. The van der Waals surface area contributed by atoms with Gasteiger partial charge in [0.25, 0.3) is 5.91 Å². The number of aromatic nitrogens is 3. The summed E-state index contributed by atoms with van der Waals surface area (Å²) in [4.78, 5) is 36.9. The van der Waals surface area contributed by atoms with Crippen molar-refractivity contribution in [2.45, 2.75) is 31.6 Å². The highest BCUT2D eigenvalue weighted by Gasteiger charge is 2.21. The van der Waals surface area contributed by atoms with Gasteiger partial charge in [-0.15, -0.1) is 10.2 Å². The minimum absolute atomic E-state index is 0.0547. The van der Waals surface area contributed by atoms with E-state index >= 15 is 0 Å². The molecular weight excluding hydrogens is 478 g/mol. The maximum atomic E-state index is 12.5. The van der Waals surface area contributed by atoms with Crippen LogP contribution in [0.3, 0.4) is 0 Å². The molecule has 2 aromatic carbocycles. The Labute approximate surface area is 206 Å². The van der Waals surface area contributed by atoms with Crippen molar-refractivity contribution in [3.8, 4) is 0 Å². The fraction of sp³-hybridized carbons (Fsp3) is 0.261. The lowest BCUT2D eigenvalue weighted by Gasteiger charge is -2.15. The lowest BCUT2D eigenvalue weighted by Crippen LogP contribution is -2.28. The fourth-order valence-electron chi connectivity index (χ4n) is 3.17. The van der Waals surface area contributed by atoms with Gasteiger partial charge in [0, 0.05) is 17.1 Å². The van der Waals surface area contributed by atoms with E-state index in [1.54, 1.807) is 48.5 Å². The second-order valence-corrected chi connectivity index (χ2v) is 8.54. The molecule has 178 valence electrons. The summed E-state index contributed by atoms with van der Waals surface area (Å²) in [6.07, 6.45) is 0. The van der Waals surface area contributed by atoms with Gasteiger partial charge in [0.15, 0.2) is 11.0 Å². The number of halogens is 1. The number of methoxy groups -OCH3 is 1. The van der Waals surface area contributed by atoms with E-state index in [9.17, 15) is 14.4 Å². The molecule has 3 aromatic rings. The van der Waals surface area contributed by atoms with Gasteiger partial charge in [0.1, 0.15) is 0 Å². The van der Waals surface area contributed by atoms with Crippen LogP contribution in [0.1, 0.15) is 46.4 Å². The van der Waals surface area contributed by atoms with Crippen LogP contribution < -0.4 is 10.6 Å². The van der Waals surface area contributed by atoms with E-state index in [0.29, 0.717) is 33.8 Å². The third kappa shape index (κ3) is 6.15. The largest absolute Gasteiger partial charge is 0.465 e. The minimum Gasteiger partial charge on any atom is -0.465 e. The number of benzene rings is 2. The van der Waals surface area contributed by atoms with Crippen molar-refractivity contribution in [1.29, 1.82) is 0 Å². The van der Waals surface area contributed by atoms with E-state index in [-0.39, 0.29) is 23.1 Å². The summed E-state index contributed by atoms with van der Waals surface area (Å²) >= 11 is 7.09. The molecule has 0 spiro atoms. The van der Waals surface area contributed by atoms with Gasteiger partial charge in [-0.3, -0.25) is 9.59 Å². The number of esters is 1. The molecule has 0 aliphatic rings. The summed E-state index contributed by atoms with van der Waals surface area (Å²) in [6.45, 7) is 4.30. The number of para-hydroxylation sites is 1. The normalized spacial score (nSPS) is 11.5. The molecule has 0 unspecified atom stereocenters. The predicted molar refractivity (Wildman–Crippen MR) is 130 cm³/mol. The van der Waals surface area contributed by atoms with Crippen molar-refractivity contribution in [3.05, 3.63) is 70.5 Å². The average Bonchev–Trinajstić information content (AvgIpc) is 3.26. The lowest BCUT2D eigenvalue weighted by molar-refractivity contribution is -0.113. The molecule has 1 aromatic heterocycles. The Morgan fingerprint density at radius 1 is 1.12 bits per heavy atom. The second kappa shape index (κ2) is 11.7.